The van der Waals surface area contributed by atoms with Crippen molar-refractivity contribution in [3.05, 3.63) is 55.6 Å². The molecule has 1 aromatic carbocycles. The minimum absolute atomic E-state index is 0.00904. The summed E-state index contributed by atoms with van der Waals surface area (Å²) >= 11 is 11.4. The number of hydrogen-bond donors (Lipinski definition) is 1. The molecular weight excluding hydrogens is 354 g/mol. The Bertz CT molecular complexity index is 546. The largest absolute Gasteiger partial charge is 0.309 e. The van der Waals surface area contributed by atoms with Crippen molar-refractivity contribution >= 4 is 38.9 Å². The summed E-state index contributed by atoms with van der Waals surface area (Å²) in [7, 11) is 0. The summed E-state index contributed by atoms with van der Waals surface area (Å²) in [6.07, 6.45) is 0. The van der Waals surface area contributed by atoms with Crippen LogP contribution in [-0.2, 0) is 5.41 Å². The van der Waals surface area contributed by atoms with Gasteiger partial charge in [0.25, 0.3) is 0 Å². The van der Waals surface area contributed by atoms with Crippen molar-refractivity contribution in [2.45, 2.75) is 32.2 Å². The van der Waals surface area contributed by atoms with E-state index in [9.17, 15) is 0 Å². The molecule has 0 radical (unpaired) electrons. The summed E-state index contributed by atoms with van der Waals surface area (Å²) in [5, 5.41) is 3.61. The fraction of sp³-hybridized carbons (Fsp3) is 0.375. The van der Waals surface area contributed by atoms with Crippen LogP contribution < -0.4 is 5.32 Å². The van der Waals surface area contributed by atoms with Gasteiger partial charge in [-0.15, -0.1) is 11.3 Å². The second kappa shape index (κ2) is 6.61. The molecule has 0 amide bonds. The Morgan fingerprint density at radius 2 is 1.95 bits per heavy atom. The molecule has 0 aliphatic carbocycles. The lowest BCUT2D eigenvalue weighted by molar-refractivity contribution is 0.359. The summed E-state index contributed by atoms with van der Waals surface area (Å²) in [5.74, 6) is 0. The lowest BCUT2D eigenvalue weighted by Gasteiger charge is -2.35. The zero-order valence-corrected chi connectivity index (χ0v) is 15.1. The molecule has 0 saturated heterocycles. The molecule has 0 saturated carbocycles. The minimum atomic E-state index is -0.00904. The van der Waals surface area contributed by atoms with Crippen LogP contribution in [0.4, 0.5) is 0 Å². The van der Waals surface area contributed by atoms with Crippen molar-refractivity contribution in [3.8, 4) is 0 Å². The molecule has 4 heteroatoms. The van der Waals surface area contributed by atoms with E-state index in [0.717, 1.165) is 15.4 Å². The molecule has 1 atom stereocenters. The van der Waals surface area contributed by atoms with Gasteiger partial charge in [0.15, 0.2) is 0 Å². The van der Waals surface area contributed by atoms with Crippen LogP contribution in [-0.4, -0.2) is 6.54 Å². The van der Waals surface area contributed by atoms with Gasteiger partial charge in [0.05, 0.1) is 6.04 Å². The van der Waals surface area contributed by atoms with E-state index in [4.69, 9.17) is 11.6 Å². The highest BCUT2D eigenvalue weighted by atomic mass is 79.9. The van der Waals surface area contributed by atoms with E-state index in [1.807, 2.05) is 0 Å². The van der Waals surface area contributed by atoms with Gasteiger partial charge in [-0.25, -0.2) is 0 Å². The van der Waals surface area contributed by atoms with Crippen LogP contribution in [0.5, 0.6) is 0 Å². The van der Waals surface area contributed by atoms with Crippen molar-refractivity contribution in [2.24, 2.45) is 0 Å². The predicted octanol–water partition coefficient (Wildman–Crippen LogP) is 5.79. The lowest BCUT2D eigenvalue weighted by atomic mass is 9.77. The Morgan fingerprint density at radius 3 is 2.45 bits per heavy atom. The van der Waals surface area contributed by atoms with Crippen LogP contribution in [0.15, 0.2) is 40.9 Å². The van der Waals surface area contributed by atoms with E-state index < -0.39 is 0 Å². The van der Waals surface area contributed by atoms with Crippen molar-refractivity contribution in [1.82, 2.24) is 5.32 Å². The summed E-state index contributed by atoms with van der Waals surface area (Å²) < 4.78 is 1.79. The quantitative estimate of drug-likeness (QED) is 0.700. The zero-order chi connectivity index (χ0) is 14.8. The molecular formula is C16H19BrClNS. The third kappa shape index (κ3) is 3.28. The third-order valence-corrected chi connectivity index (χ3v) is 6.14. The molecule has 2 rings (SSSR count). The van der Waals surface area contributed by atoms with E-state index in [-0.39, 0.29) is 11.5 Å². The zero-order valence-electron chi connectivity index (χ0n) is 11.9. The van der Waals surface area contributed by atoms with Gasteiger partial charge >= 0.3 is 0 Å². The van der Waals surface area contributed by atoms with Crippen LogP contribution in [0.3, 0.4) is 0 Å². The molecule has 2 aromatic rings. The molecule has 1 N–H and O–H groups in total. The number of thiophene rings is 1. The fourth-order valence-corrected chi connectivity index (χ4v) is 4.45. The summed E-state index contributed by atoms with van der Waals surface area (Å²) in [4.78, 5) is 1.26. The monoisotopic (exact) mass is 371 g/mol. The predicted molar refractivity (Wildman–Crippen MR) is 92.9 cm³/mol. The van der Waals surface area contributed by atoms with Crippen LogP contribution in [0.2, 0.25) is 4.34 Å². The molecule has 1 heterocycles. The number of rotatable bonds is 5. The van der Waals surface area contributed by atoms with Crippen molar-refractivity contribution in [3.63, 3.8) is 0 Å². The molecule has 0 fully saturated rings. The van der Waals surface area contributed by atoms with Gasteiger partial charge in [-0.05, 0) is 34.1 Å². The highest BCUT2D eigenvalue weighted by Crippen LogP contribution is 2.43. The summed E-state index contributed by atoms with van der Waals surface area (Å²) in [6.45, 7) is 7.61. The maximum atomic E-state index is 6.21. The Hall–Kier alpha value is -0.350. The fourth-order valence-electron chi connectivity index (χ4n) is 2.46. The first-order valence-electron chi connectivity index (χ1n) is 6.70. The first-order chi connectivity index (χ1) is 9.46. The van der Waals surface area contributed by atoms with Crippen LogP contribution in [0.1, 0.15) is 37.3 Å². The van der Waals surface area contributed by atoms with Gasteiger partial charge in [0.1, 0.15) is 4.34 Å². The lowest BCUT2D eigenvalue weighted by Crippen LogP contribution is -2.36. The van der Waals surface area contributed by atoms with E-state index in [1.54, 1.807) is 11.3 Å². The van der Waals surface area contributed by atoms with Crippen LogP contribution >= 0.6 is 38.9 Å². The standard InChI is InChI=1S/C16H19BrClNS/c1-4-19-14(13-10-12(17)15(18)20-13)16(2,3)11-8-6-5-7-9-11/h5-10,14,19H,4H2,1-3H3. The van der Waals surface area contributed by atoms with Crippen molar-refractivity contribution < 1.29 is 0 Å². The van der Waals surface area contributed by atoms with E-state index >= 15 is 0 Å². The molecule has 0 aliphatic heterocycles. The van der Waals surface area contributed by atoms with E-state index in [2.05, 4.69) is 78.4 Å². The van der Waals surface area contributed by atoms with Gasteiger partial charge in [-0.1, -0.05) is 62.7 Å². The molecule has 0 bridgehead atoms. The summed E-state index contributed by atoms with van der Waals surface area (Å²) in [5.41, 5.74) is 1.32. The molecule has 0 aliphatic rings. The first-order valence-corrected chi connectivity index (χ1v) is 8.69. The van der Waals surface area contributed by atoms with Crippen molar-refractivity contribution in [2.75, 3.05) is 6.54 Å². The number of halogens is 2. The third-order valence-electron chi connectivity index (χ3n) is 3.60. The average Bonchev–Trinajstić information content (AvgIpc) is 2.76. The average molecular weight is 373 g/mol. The number of nitrogens with one attached hydrogen (secondary N) is 1. The van der Waals surface area contributed by atoms with E-state index in [1.165, 1.54) is 10.4 Å². The topological polar surface area (TPSA) is 12.0 Å². The molecule has 1 aromatic heterocycles. The number of hydrogen-bond acceptors (Lipinski definition) is 2. The van der Waals surface area contributed by atoms with Gasteiger partial charge in [-0.2, -0.15) is 0 Å². The Labute approximate surface area is 138 Å². The second-order valence-corrected chi connectivity index (χ2v) is 7.89. The highest BCUT2D eigenvalue weighted by Gasteiger charge is 2.33. The van der Waals surface area contributed by atoms with Gasteiger partial charge < -0.3 is 5.32 Å². The normalized spacial score (nSPS) is 13.4. The minimum Gasteiger partial charge on any atom is -0.309 e. The first kappa shape index (κ1) is 16.0. The summed E-state index contributed by atoms with van der Waals surface area (Å²) in [6, 6.07) is 13.0. The van der Waals surface area contributed by atoms with Gasteiger partial charge in [0.2, 0.25) is 0 Å². The van der Waals surface area contributed by atoms with Crippen LogP contribution in [0.25, 0.3) is 0 Å². The Kier molecular flexibility index (Phi) is 5.30. The number of likely N-dealkylation sites (N-methyl/N-ethyl adjacent to an activating group) is 1. The molecule has 20 heavy (non-hydrogen) atoms. The SMILES string of the molecule is CCNC(c1cc(Br)c(Cl)s1)C(C)(C)c1ccccc1. The molecule has 108 valence electrons. The Morgan fingerprint density at radius 1 is 1.30 bits per heavy atom. The van der Waals surface area contributed by atoms with Gasteiger partial charge in [0, 0.05) is 14.8 Å². The molecule has 1 unspecified atom stereocenters. The smallest absolute Gasteiger partial charge is 0.107 e. The molecule has 0 spiro atoms. The molecule has 1 nitrogen and oxygen atoms in total. The highest BCUT2D eigenvalue weighted by molar-refractivity contribution is 9.10. The van der Waals surface area contributed by atoms with Crippen molar-refractivity contribution in [1.29, 1.82) is 0 Å². The maximum absolute atomic E-state index is 6.21. The second-order valence-electron chi connectivity index (χ2n) is 5.35. The van der Waals surface area contributed by atoms with Crippen LogP contribution in [0, 0.1) is 0 Å². The van der Waals surface area contributed by atoms with E-state index in [0.29, 0.717) is 0 Å². The van der Waals surface area contributed by atoms with Gasteiger partial charge in [-0.3, -0.25) is 0 Å². The maximum Gasteiger partial charge on any atom is 0.107 e. The number of benzene rings is 1. The Balaban J connectivity index is 2.42.